The number of carboxylic acids is 1. The molecule has 0 unspecified atom stereocenters. The number of carboxylic acid groups (broad SMARTS) is 1. The van der Waals surface area contributed by atoms with Gasteiger partial charge < -0.3 is 15.3 Å². The highest BCUT2D eigenvalue weighted by molar-refractivity contribution is 7.99. The molecule has 2 aliphatic rings. The zero-order chi connectivity index (χ0) is 11.5. The molecule has 0 radical (unpaired) electrons. The summed E-state index contributed by atoms with van der Waals surface area (Å²) < 4.78 is 0. The molecule has 2 N–H and O–H groups in total. The number of hydrogen-bond donors (Lipinski definition) is 2. The number of carbonyl (C=O) groups is 2. The van der Waals surface area contributed by atoms with E-state index in [1.807, 2.05) is 11.8 Å². The molecule has 90 valence electrons. The lowest BCUT2D eigenvalue weighted by Crippen LogP contribution is -2.57. The predicted molar refractivity (Wildman–Crippen MR) is 61.6 cm³/mol. The van der Waals surface area contributed by atoms with Crippen LogP contribution in [0, 0.1) is 5.92 Å². The second kappa shape index (κ2) is 4.95. The molecule has 2 heterocycles. The van der Waals surface area contributed by atoms with Gasteiger partial charge in [0, 0.05) is 19.1 Å². The molecule has 2 aliphatic heterocycles. The van der Waals surface area contributed by atoms with Crippen molar-refractivity contribution in [3.8, 4) is 0 Å². The van der Waals surface area contributed by atoms with Gasteiger partial charge in [0.25, 0.3) is 0 Å². The molecule has 0 bridgehead atoms. The summed E-state index contributed by atoms with van der Waals surface area (Å²) in [5.41, 5.74) is 0. The zero-order valence-electron chi connectivity index (χ0n) is 9.02. The minimum absolute atomic E-state index is 0.102. The molecule has 5 nitrogen and oxygen atoms in total. The van der Waals surface area contributed by atoms with Crippen molar-refractivity contribution >= 4 is 23.8 Å². The molecule has 2 rings (SSSR count). The molecule has 0 aromatic carbocycles. The third kappa shape index (κ3) is 2.61. The van der Waals surface area contributed by atoms with Crippen molar-refractivity contribution in [1.29, 1.82) is 0 Å². The van der Waals surface area contributed by atoms with Crippen LogP contribution in [0.2, 0.25) is 0 Å². The normalized spacial score (nSPS) is 22.6. The number of urea groups is 1. The smallest absolute Gasteiger partial charge is 0.317 e. The van der Waals surface area contributed by atoms with Gasteiger partial charge in [-0.1, -0.05) is 0 Å². The van der Waals surface area contributed by atoms with Crippen LogP contribution >= 0.6 is 11.8 Å². The Kier molecular flexibility index (Phi) is 3.58. The SMILES string of the molecule is O=C(O)C1CN(C(=O)NC2CCSCC2)C1. The maximum absolute atomic E-state index is 11.7. The van der Waals surface area contributed by atoms with Crippen LogP contribution in [0.25, 0.3) is 0 Å². The first-order valence-corrected chi connectivity index (χ1v) is 6.68. The van der Waals surface area contributed by atoms with Gasteiger partial charge in [0.1, 0.15) is 0 Å². The van der Waals surface area contributed by atoms with Gasteiger partial charge in [0.05, 0.1) is 5.92 Å². The number of thioether (sulfide) groups is 1. The minimum Gasteiger partial charge on any atom is -0.481 e. The van der Waals surface area contributed by atoms with Gasteiger partial charge in [-0.2, -0.15) is 11.8 Å². The number of rotatable bonds is 2. The first-order valence-electron chi connectivity index (χ1n) is 5.53. The molecule has 0 atom stereocenters. The number of carbonyl (C=O) groups excluding carboxylic acids is 1. The fourth-order valence-electron chi connectivity index (χ4n) is 1.91. The van der Waals surface area contributed by atoms with Crippen LogP contribution in [-0.2, 0) is 4.79 Å². The van der Waals surface area contributed by atoms with Crippen molar-refractivity contribution < 1.29 is 14.7 Å². The van der Waals surface area contributed by atoms with Gasteiger partial charge in [-0.15, -0.1) is 0 Å². The molecule has 2 amide bonds. The summed E-state index contributed by atoms with van der Waals surface area (Å²) >= 11 is 1.92. The highest BCUT2D eigenvalue weighted by atomic mass is 32.2. The summed E-state index contributed by atoms with van der Waals surface area (Å²) in [6.07, 6.45) is 2.04. The maximum atomic E-state index is 11.7. The van der Waals surface area contributed by atoms with Gasteiger partial charge in [-0.05, 0) is 24.3 Å². The number of nitrogens with one attached hydrogen (secondary N) is 1. The summed E-state index contributed by atoms with van der Waals surface area (Å²) in [7, 11) is 0. The lowest BCUT2D eigenvalue weighted by atomic mass is 10.0. The third-order valence-electron chi connectivity index (χ3n) is 3.07. The van der Waals surface area contributed by atoms with Crippen molar-refractivity contribution in [2.45, 2.75) is 18.9 Å². The average Bonchev–Trinajstić information content (AvgIpc) is 2.15. The van der Waals surface area contributed by atoms with Gasteiger partial charge in [-0.25, -0.2) is 4.79 Å². The van der Waals surface area contributed by atoms with Crippen molar-refractivity contribution in [2.24, 2.45) is 5.92 Å². The van der Waals surface area contributed by atoms with Crippen molar-refractivity contribution in [3.05, 3.63) is 0 Å². The van der Waals surface area contributed by atoms with E-state index in [1.54, 1.807) is 4.90 Å². The van der Waals surface area contributed by atoms with Crippen LogP contribution in [0.15, 0.2) is 0 Å². The molecule has 16 heavy (non-hydrogen) atoms. The van der Waals surface area contributed by atoms with Crippen LogP contribution < -0.4 is 5.32 Å². The number of hydrogen-bond acceptors (Lipinski definition) is 3. The fourth-order valence-corrected chi connectivity index (χ4v) is 3.01. The third-order valence-corrected chi connectivity index (χ3v) is 4.12. The van der Waals surface area contributed by atoms with Crippen LogP contribution in [0.1, 0.15) is 12.8 Å². The zero-order valence-corrected chi connectivity index (χ0v) is 9.83. The second-order valence-corrected chi connectivity index (χ2v) is 5.50. The fraction of sp³-hybridized carbons (Fsp3) is 0.800. The Hall–Kier alpha value is -0.910. The lowest BCUT2D eigenvalue weighted by Gasteiger charge is -2.37. The number of amides is 2. The van der Waals surface area contributed by atoms with E-state index in [4.69, 9.17) is 5.11 Å². The van der Waals surface area contributed by atoms with Gasteiger partial charge >= 0.3 is 12.0 Å². The van der Waals surface area contributed by atoms with Crippen LogP contribution in [0.4, 0.5) is 4.79 Å². The molecule has 6 heteroatoms. The van der Waals surface area contributed by atoms with Gasteiger partial charge in [-0.3, -0.25) is 4.79 Å². The minimum atomic E-state index is -0.807. The average molecular weight is 244 g/mol. The monoisotopic (exact) mass is 244 g/mol. The van der Waals surface area contributed by atoms with Crippen LogP contribution in [-0.4, -0.2) is 52.6 Å². The first-order chi connectivity index (χ1) is 7.66. The summed E-state index contributed by atoms with van der Waals surface area (Å²) in [6.45, 7) is 0.700. The Morgan fingerprint density at radius 3 is 2.44 bits per heavy atom. The molecule has 2 fully saturated rings. The molecular formula is C10H16N2O3S. The number of likely N-dealkylation sites (tertiary alicyclic amines) is 1. The van der Waals surface area contributed by atoms with E-state index in [1.165, 1.54) is 0 Å². The van der Waals surface area contributed by atoms with E-state index in [0.29, 0.717) is 13.1 Å². The van der Waals surface area contributed by atoms with E-state index in [0.717, 1.165) is 24.3 Å². The quantitative estimate of drug-likeness (QED) is 0.746. The predicted octanol–water partition coefficient (Wildman–Crippen LogP) is 0.608. The Morgan fingerprint density at radius 1 is 1.25 bits per heavy atom. The van der Waals surface area contributed by atoms with Crippen LogP contribution in [0.3, 0.4) is 0 Å². The Balaban J connectivity index is 1.71. The van der Waals surface area contributed by atoms with Crippen LogP contribution in [0.5, 0.6) is 0 Å². The molecule has 0 aromatic heterocycles. The summed E-state index contributed by atoms with van der Waals surface area (Å²) in [5, 5.41) is 11.7. The van der Waals surface area contributed by atoms with Gasteiger partial charge in [0.2, 0.25) is 0 Å². The van der Waals surface area contributed by atoms with Crippen molar-refractivity contribution in [1.82, 2.24) is 10.2 Å². The Bertz CT molecular complexity index is 286. The second-order valence-electron chi connectivity index (χ2n) is 4.28. The van der Waals surface area contributed by atoms with Crippen molar-refractivity contribution in [2.75, 3.05) is 24.6 Å². The van der Waals surface area contributed by atoms with E-state index in [-0.39, 0.29) is 18.0 Å². The van der Waals surface area contributed by atoms with E-state index in [9.17, 15) is 9.59 Å². The molecule has 0 aliphatic carbocycles. The highest BCUT2D eigenvalue weighted by Crippen LogP contribution is 2.19. The maximum Gasteiger partial charge on any atom is 0.317 e. The molecule has 0 spiro atoms. The number of aliphatic carboxylic acids is 1. The molecule has 2 saturated heterocycles. The van der Waals surface area contributed by atoms with E-state index in [2.05, 4.69) is 5.32 Å². The topological polar surface area (TPSA) is 69.6 Å². The van der Waals surface area contributed by atoms with E-state index < -0.39 is 5.97 Å². The summed E-state index contributed by atoms with van der Waals surface area (Å²) in [6, 6.07) is 0.173. The highest BCUT2D eigenvalue weighted by Gasteiger charge is 2.36. The molecular weight excluding hydrogens is 228 g/mol. The standard InChI is InChI=1S/C10H16N2O3S/c13-9(14)7-5-12(6-7)10(15)11-8-1-3-16-4-2-8/h7-8H,1-6H2,(H,11,15)(H,13,14). The molecule has 0 aromatic rings. The van der Waals surface area contributed by atoms with E-state index >= 15 is 0 Å². The van der Waals surface area contributed by atoms with Gasteiger partial charge in [0.15, 0.2) is 0 Å². The van der Waals surface area contributed by atoms with Crippen molar-refractivity contribution in [3.63, 3.8) is 0 Å². The Morgan fingerprint density at radius 2 is 1.88 bits per heavy atom. The summed E-state index contributed by atoms with van der Waals surface area (Å²) in [5.74, 6) is 1.02. The number of nitrogens with zero attached hydrogens (tertiary/aromatic N) is 1. The first kappa shape index (κ1) is 11.6. The lowest BCUT2D eigenvalue weighted by molar-refractivity contribution is -0.146. The molecule has 0 saturated carbocycles. The summed E-state index contributed by atoms with van der Waals surface area (Å²) in [4.78, 5) is 23.8. The largest absolute Gasteiger partial charge is 0.481 e. The Labute approximate surface area is 98.6 Å².